The van der Waals surface area contributed by atoms with Crippen molar-refractivity contribution in [2.24, 2.45) is 0 Å². The molecule has 2 rings (SSSR count). The second-order valence-corrected chi connectivity index (χ2v) is 5.29. The van der Waals surface area contributed by atoms with E-state index in [1.165, 1.54) is 6.20 Å². The number of nitrogen functional groups attached to an aromatic ring is 1. The molecule has 5 nitrogen and oxygen atoms in total. The number of halogens is 1. The number of ether oxygens (including phenoxy) is 1. The summed E-state index contributed by atoms with van der Waals surface area (Å²) in [5.74, 6) is -0.159. The van der Waals surface area contributed by atoms with Gasteiger partial charge in [0.2, 0.25) is 0 Å². The Morgan fingerprint density at radius 1 is 1.61 bits per heavy atom. The van der Waals surface area contributed by atoms with E-state index in [2.05, 4.69) is 4.98 Å². The van der Waals surface area contributed by atoms with E-state index < -0.39 is 0 Å². The molecule has 0 radical (unpaired) electrons. The fourth-order valence-electron chi connectivity index (χ4n) is 1.99. The molecule has 1 saturated heterocycles. The summed E-state index contributed by atoms with van der Waals surface area (Å²) in [6, 6.07) is 1.56. The standard InChI is InChI=1S/C12H16ClN3O2/c1-12(2)7-18-4-3-16(12)11(17)9-5-8(14)6-15-10(9)13/h5-6H,3-4,7,14H2,1-2H3. The lowest BCUT2D eigenvalue weighted by molar-refractivity contribution is -0.0370. The summed E-state index contributed by atoms with van der Waals surface area (Å²) in [6.45, 7) is 5.49. The Bertz CT molecular complexity index is 476. The van der Waals surface area contributed by atoms with Crippen molar-refractivity contribution in [3.05, 3.63) is 23.0 Å². The fourth-order valence-corrected chi connectivity index (χ4v) is 2.18. The van der Waals surface area contributed by atoms with Crippen LogP contribution >= 0.6 is 11.6 Å². The van der Waals surface area contributed by atoms with E-state index in [9.17, 15) is 4.79 Å². The van der Waals surface area contributed by atoms with Gasteiger partial charge in [-0.15, -0.1) is 0 Å². The van der Waals surface area contributed by atoms with Crippen LogP contribution in [0, 0.1) is 0 Å². The van der Waals surface area contributed by atoms with Gasteiger partial charge in [0, 0.05) is 6.54 Å². The van der Waals surface area contributed by atoms with Crippen molar-refractivity contribution in [3.63, 3.8) is 0 Å². The lowest BCUT2D eigenvalue weighted by Crippen LogP contribution is -2.55. The first-order chi connectivity index (χ1) is 8.42. The van der Waals surface area contributed by atoms with E-state index in [1.807, 2.05) is 13.8 Å². The number of carbonyl (C=O) groups excluding carboxylic acids is 1. The summed E-state index contributed by atoms with van der Waals surface area (Å²) in [5.41, 5.74) is 6.05. The van der Waals surface area contributed by atoms with E-state index in [0.29, 0.717) is 31.0 Å². The van der Waals surface area contributed by atoms with Gasteiger partial charge in [-0.3, -0.25) is 4.79 Å². The van der Waals surface area contributed by atoms with Crippen LogP contribution in [-0.2, 0) is 4.74 Å². The van der Waals surface area contributed by atoms with E-state index in [4.69, 9.17) is 22.1 Å². The Labute approximate surface area is 111 Å². The van der Waals surface area contributed by atoms with Crippen molar-refractivity contribution < 1.29 is 9.53 Å². The highest BCUT2D eigenvalue weighted by atomic mass is 35.5. The van der Waals surface area contributed by atoms with Gasteiger partial charge in [0.1, 0.15) is 5.15 Å². The molecule has 1 aromatic heterocycles. The highest BCUT2D eigenvalue weighted by molar-refractivity contribution is 6.32. The van der Waals surface area contributed by atoms with Crippen LogP contribution in [0.4, 0.5) is 5.69 Å². The zero-order valence-electron chi connectivity index (χ0n) is 10.4. The maximum absolute atomic E-state index is 12.5. The van der Waals surface area contributed by atoms with E-state index in [0.717, 1.165) is 0 Å². The molecule has 2 N–H and O–H groups in total. The van der Waals surface area contributed by atoms with Gasteiger partial charge in [0.05, 0.1) is 36.2 Å². The Hall–Kier alpha value is -1.33. The summed E-state index contributed by atoms with van der Waals surface area (Å²) >= 11 is 5.96. The third-order valence-electron chi connectivity index (χ3n) is 2.98. The fraction of sp³-hybridized carbons (Fsp3) is 0.500. The van der Waals surface area contributed by atoms with Crippen molar-refractivity contribution in [3.8, 4) is 0 Å². The Balaban J connectivity index is 2.33. The van der Waals surface area contributed by atoms with Crippen molar-refractivity contribution in [2.75, 3.05) is 25.5 Å². The number of hydrogen-bond acceptors (Lipinski definition) is 4. The molecule has 18 heavy (non-hydrogen) atoms. The lowest BCUT2D eigenvalue weighted by atomic mass is 10.0. The predicted molar refractivity (Wildman–Crippen MR) is 69.6 cm³/mol. The molecule has 0 bridgehead atoms. The first-order valence-electron chi connectivity index (χ1n) is 5.72. The first kappa shape index (κ1) is 13.1. The molecule has 1 aliphatic rings. The molecule has 1 amide bonds. The average Bonchev–Trinajstić information content (AvgIpc) is 2.31. The van der Waals surface area contributed by atoms with Gasteiger partial charge in [-0.25, -0.2) is 4.98 Å². The minimum atomic E-state index is -0.358. The molecule has 98 valence electrons. The summed E-state index contributed by atoms with van der Waals surface area (Å²) in [5, 5.41) is 0.177. The Morgan fingerprint density at radius 2 is 2.33 bits per heavy atom. The van der Waals surface area contributed by atoms with Gasteiger partial charge in [0.15, 0.2) is 0 Å². The van der Waals surface area contributed by atoms with Crippen molar-refractivity contribution >= 4 is 23.2 Å². The van der Waals surface area contributed by atoms with Crippen molar-refractivity contribution in [1.29, 1.82) is 0 Å². The minimum absolute atomic E-state index is 0.159. The number of nitrogens with two attached hydrogens (primary N) is 1. The van der Waals surface area contributed by atoms with Crippen LogP contribution in [-0.4, -0.2) is 41.1 Å². The third-order valence-corrected chi connectivity index (χ3v) is 3.28. The zero-order valence-corrected chi connectivity index (χ0v) is 11.2. The SMILES string of the molecule is CC1(C)COCCN1C(=O)c1cc(N)cnc1Cl. The second kappa shape index (κ2) is 4.74. The molecule has 6 heteroatoms. The van der Waals surface area contributed by atoms with Crippen LogP contribution in [0.25, 0.3) is 0 Å². The normalized spacial score (nSPS) is 18.7. The van der Waals surface area contributed by atoms with Crippen LogP contribution in [0.3, 0.4) is 0 Å². The molecular formula is C12H16ClN3O2. The maximum atomic E-state index is 12.5. The molecule has 1 aliphatic heterocycles. The largest absolute Gasteiger partial charge is 0.397 e. The van der Waals surface area contributed by atoms with Crippen LogP contribution in [0.15, 0.2) is 12.3 Å². The Morgan fingerprint density at radius 3 is 3.00 bits per heavy atom. The van der Waals surface area contributed by atoms with Crippen LogP contribution < -0.4 is 5.73 Å². The minimum Gasteiger partial charge on any atom is -0.397 e. The van der Waals surface area contributed by atoms with Gasteiger partial charge in [0.25, 0.3) is 5.91 Å². The number of morpholine rings is 1. The van der Waals surface area contributed by atoms with Gasteiger partial charge < -0.3 is 15.4 Å². The molecular weight excluding hydrogens is 254 g/mol. The van der Waals surface area contributed by atoms with Crippen LogP contribution in [0.2, 0.25) is 5.15 Å². The molecule has 1 fully saturated rings. The van der Waals surface area contributed by atoms with Gasteiger partial charge in [-0.1, -0.05) is 11.6 Å². The van der Waals surface area contributed by atoms with E-state index >= 15 is 0 Å². The summed E-state index contributed by atoms with van der Waals surface area (Å²) < 4.78 is 5.39. The molecule has 0 aliphatic carbocycles. The summed E-state index contributed by atoms with van der Waals surface area (Å²) in [6.07, 6.45) is 1.43. The van der Waals surface area contributed by atoms with Gasteiger partial charge in [-0.05, 0) is 19.9 Å². The zero-order chi connectivity index (χ0) is 13.3. The molecule has 2 heterocycles. The highest BCUT2D eigenvalue weighted by Gasteiger charge is 2.35. The average molecular weight is 270 g/mol. The van der Waals surface area contributed by atoms with Gasteiger partial charge in [-0.2, -0.15) is 0 Å². The van der Waals surface area contributed by atoms with E-state index in [1.54, 1.807) is 11.0 Å². The van der Waals surface area contributed by atoms with Crippen LogP contribution in [0.5, 0.6) is 0 Å². The second-order valence-electron chi connectivity index (χ2n) is 4.93. The maximum Gasteiger partial charge on any atom is 0.257 e. The molecule has 0 aromatic carbocycles. The molecule has 0 spiro atoms. The first-order valence-corrected chi connectivity index (χ1v) is 6.10. The molecule has 0 saturated carbocycles. The summed E-state index contributed by atoms with van der Waals surface area (Å²) in [4.78, 5) is 18.1. The number of pyridine rings is 1. The quantitative estimate of drug-likeness (QED) is 0.786. The number of amides is 1. The van der Waals surface area contributed by atoms with Gasteiger partial charge >= 0.3 is 0 Å². The highest BCUT2D eigenvalue weighted by Crippen LogP contribution is 2.25. The summed E-state index contributed by atoms with van der Waals surface area (Å²) in [7, 11) is 0. The monoisotopic (exact) mass is 269 g/mol. The topological polar surface area (TPSA) is 68.5 Å². The number of carbonyl (C=O) groups is 1. The lowest BCUT2D eigenvalue weighted by Gasteiger charge is -2.42. The molecule has 0 unspecified atom stereocenters. The number of rotatable bonds is 1. The van der Waals surface area contributed by atoms with Crippen LogP contribution in [0.1, 0.15) is 24.2 Å². The smallest absolute Gasteiger partial charge is 0.257 e. The Kier molecular flexibility index (Phi) is 3.45. The number of hydrogen-bond donors (Lipinski definition) is 1. The number of anilines is 1. The predicted octanol–water partition coefficient (Wildman–Crippen LogP) is 1.57. The van der Waals surface area contributed by atoms with Crippen molar-refractivity contribution in [2.45, 2.75) is 19.4 Å². The van der Waals surface area contributed by atoms with Crippen molar-refractivity contribution in [1.82, 2.24) is 9.88 Å². The number of aromatic nitrogens is 1. The number of nitrogens with zero attached hydrogens (tertiary/aromatic N) is 2. The van der Waals surface area contributed by atoms with E-state index in [-0.39, 0.29) is 16.6 Å². The molecule has 1 aromatic rings. The third kappa shape index (κ3) is 2.42. The molecule has 0 atom stereocenters.